The molecule has 14 heteroatoms. The van der Waals surface area contributed by atoms with Crippen LogP contribution in [0, 0.1) is 35.0 Å². The summed E-state index contributed by atoms with van der Waals surface area (Å²) in [6.45, 7) is 36.7. The minimum absolute atomic E-state index is 0.141. The van der Waals surface area contributed by atoms with E-state index in [4.69, 9.17) is 9.97 Å². The van der Waals surface area contributed by atoms with Gasteiger partial charge in [-0.3, -0.25) is 14.4 Å². The van der Waals surface area contributed by atoms with Crippen molar-refractivity contribution in [2.24, 2.45) is 33.9 Å². The molecule has 0 saturated heterocycles. The van der Waals surface area contributed by atoms with E-state index in [-0.39, 0.29) is 39.9 Å². The Labute approximate surface area is 508 Å². The number of unbranched alkanes of at least 4 members (excludes halogenated alkanes) is 4. The number of aromatic nitrogens is 2. The number of thiazole rings is 2. The van der Waals surface area contributed by atoms with Crippen LogP contribution in [-0.4, -0.2) is 65.2 Å². The number of hydrogen-bond acceptors (Lipinski definition) is 12. The van der Waals surface area contributed by atoms with E-state index in [9.17, 15) is 19.6 Å². The number of nitriles is 1. The Hall–Kier alpha value is -5.78. The minimum Gasteiger partial charge on any atom is -0.348 e. The van der Waals surface area contributed by atoms with Crippen molar-refractivity contribution in [3.05, 3.63) is 93.0 Å². The van der Waals surface area contributed by atoms with Crippen molar-refractivity contribution in [3.8, 4) is 6.07 Å². The molecular weight excluding hydrogens is 1070 g/mol. The maximum Gasteiger partial charge on any atom is 0.281 e. The van der Waals surface area contributed by atoms with E-state index in [1.54, 1.807) is 22.7 Å². The highest BCUT2D eigenvalue weighted by molar-refractivity contribution is 7.17. The van der Waals surface area contributed by atoms with Crippen molar-refractivity contribution < 1.29 is 14.4 Å². The molecule has 2 amide bonds. The normalized spacial score (nSPS) is 16.2. The lowest BCUT2D eigenvalue weighted by atomic mass is 9.90. The standard InChI is InChI=1S/C35H52N4O2S.C34H49N5OS/c1-9-13-18-26(11-3)23-38(24-27(12-4)19-14-10-2)34-36-32(35(6,7)8)30(42-34)22-29-31(25(5)40)37-39(33(29)41)28-20-16-15-17-21-28;1-8-12-17-25(10-3)23-38(24-26(11-4)18-13-9-2)33-36-31(34(5,6)7)30(41-33)21-28-29(22-35)37-39(32(28)40)27-19-15-14-16-20-27/h15-17,20-22,26-27H,9-14,18-19,23-24H2,1-8H3;14-16,19-21,25-26H,8-13,17-18,23-24H2,1-7H3/b29-22-;28-21-. The summed E-state index contributed by atoms with van der Waals surface area (Å²) < 4.78 is 0. The molecule has 452 valence electrons. The summed E-state index contributed by atoms with van der Waals surface area (Å²) in [4.78, 5) is 57.3. The van der Waals surface area contributed by atoms with Gasteiger partial charge in [-0.15, -0.1) is 0 Å². The number of hydrazone groups is 2. The first-order chi connectivity index (χ1) is 39.7. The van der Waals surface area contributed by atoms with Gasteiger partial charge in [0.15, 0.2) is 21.8 Å². The second-order valence-corrected chi connectivity index (χ2v) is 27.0. The fourth-order valence-corrected chi connectivity index (χ4v) is 13.2. The van der Waals surface area contributed by atoms with Crippen LogP contribution in [0.2, 0.25) is 0 Å². The monoisotopic (exact) mass is 1170 g/mol. The summed E-state index contributed by atoms with van der Waals surface area (Å²) in [6, 6.07) is 20.7. The Morgan fingerprint density at radius 1 is 0.554 bits per heavy atom. The molecule has 2 aromatic heterocycles. The number of benzene rings is 2. The van der Waals surface area contributed by atoms with Crippen LogP contribution < -0.4 is 19.8 Å². The summed E-state index contributed by atoms with van der Waals surface area (Å²) >= 11 is 3.30. The largest absolute Gasteiger partial charge is 0.348 e. The summed E-state index contributed by atoms with van der Waals surface area (Å²) in [7, 11) is 0. The van der Waals surface area contributed by atoms with Gasteiger partial charge in [-0.1, -0.05) is 233 Å². The Morgan fingerprint density at radius 3 is 1.20 bits per heavy atom. The van der Waals surface area contributed by atoms with E-state index in [0.29, 0.717) is 46.2 Å². The van der Waals surface area contributed by atoms with Gasteiger partial charge in [0.25, 0.3) is 11.8 Å². The Balaban J connectivity index is 0.000000304. The molecule has 0 fully saturated rings. The molecular formula is C69H101N9O3S2. The predicted octanol–water partition coefficient (Wildman–Crippen LogP) is 18.0. The third kappa shape index (κ3) is 19.1. The first-order valence-corrected chi connectivity index (χ1v) is 33.2. The lowest BCUT2D eigenvalue weighted by Gasteiger charge is -2.30. The first-order valence-electron chi connectivity index (χ1n) is 31.5. The van der Waals surface area contributed by atoms with Gasteiger partial charge < -0.3 is 9.80 Å². The van der Waals surface area contributed by atoms with E-state index in [2.05, 4.69) is 123 Å². The van der Waals surface area contributed by atoms with Crippen LogP contribution in [0.4, 0.5) is 21.6 Å². The summed E-state index contributed by atoms with van der Waals surface area (Å²) in [5.41, 5.74) is 3.75. The van der Waals surface area contributed by atoms with Crippen LogP contribution >= 0.6 is 22.7 Å². The number of amides is 2. The number of anilines is 4. The highest BCUT2D eigenvalue weighted by Crippen LogP contribution is 2.40. The number of rotatable bonds is 31. The Morgan fingerprint density at radius 2 is 0.892 bits per heavy atom. The van der Waals surface area contributed by atoms with Crippen molar-refractivity contribution in [1.82, 2.24) is 9.97 Å². The number of Topliss-reactive ketones (excluding diaryl/α,β-unsaturated/α-hetero) is 1. The smallest absolute Gasteiger partial charge is 0.281 e. The zero-order valence-corrected chi connectivity index (χ0v) is 55.1. The number of carbonyl (C=O) groups excluding carboxylic acids is 3. The second kappa shape index (κ2) is 33.1. The van der Waals surface area contributed by atoms with Crippen molar-refractivity contribution in [2.75, 3.05) is 46.0 Å². The molecule has 2 aliphatic rings. The molecule has 4 aromatic rings. The highest BCUT2D eigenvalue weighted by atomic mass is 32.1. The lowest BCUT2D eigenvalue weighted by molar-refractivity contribution is -0.115. The van der Waals surface area contributed by atoms with Crippen LogP contribution in [0.5, 0.6) is 0 Å². The second-order valence-electron chi connectivity index (χ2n) is 25.0. The zero-order valence-electron chi connectivity index (χ0n) is 53.4. The molecule has 2 aliphatic heterocycles. The number of nitrogens with zero attached hydrogens (tertiary/aromatic N) is 9. The van der Waals surface area contributed by atoms with Crippen molar-refractivity contribution in [1.29, 1.82) is 5.26 Å². The van der Waals surface area contributed by atoms with Gasteiger partial charge in [0.05, 0.1) is 43.7 Å². The lowest BCUT2D eigenvalue weighted by Crippen LogP contribution is -2.34. The summed E-state index contributed by atoms with van der Waals surface area (Å²) in [6.07, 6.45) is 23.1. The van der Waals surface area contributed by atoms with Gasteiger partial charge in [-0.2, -0.15) is 25.5 Å². The maximum absolute atomic E-state index is 13.7. The number of para-hydroxylation sites is 2. The summed E-state index contributed by atoms with van der Waals surface area (Å²) in [5, 5.41) is 23.4. The minimum atomic E-state index is -0.283. The molecule has 6 rings (SSSR count). The topological polar surface area (TPSA) is 138 Å². The molecule has 0 saturated carbocycles. The van der Waals surface area contributed by atoms with Crippen LogP contribution in [0.15, 0.2) is 82.0 Å². The number of carbonyl (C=O) groups is 3. The molecule has 0 aliphatic carbocycles. The van der Waals surface area contributed by atoms with Gasteiger partial charge >= 0.3 is 0 Å². The number of hydrogen-bond donors (Lipinski definition) is 0. The molecule has 12 nitrogen and oxygen atoms in total. The molecule has 83 heavy (non-hydrogen) atoms. The molecule has 4 atom stereocenters. The quantitative estimate of drug-likeness (QED) is 0.0454. The average Bonchev–Trinajstić information content (AvgIpc) is 3.73. The van der Waals surface area contributed by atoms with Crippen LogP contribution in [-0.2, 0) is 25.2 Å². The predicted molar refractivity (Wildman–Crippen MR) is 354 cm³/mol. The average molecular weight is 1170 g/mol. The zero-order chi connectivity index (χ0) is 60.9. The summed E-state index contributed by atoms with van der Waals surface area (Å²) in [5.74, 6) is 1.69. The van der Waals surface area contributed by atoms with E-state index in [1.165, 1.54) is 94.0 Å². The number of ketones is 1. The molecule has 0 N–H and O–H groups in total. The van der Waals surface area contributed by atoms with Gasteiger partial charge in [-0.25, -0.2) is 9.97 Å². The first kappa shape index (κ1) is 68.0. The molecule has 2 aromatic carbocycles. The Kier molecular flexibility index (Phi) is 27.1. The molecule has 4 heterocycles. The fourth-order valence-electron chi connectivity index (χ4n) is 10.7. The van der Waals surface area contributed by atoms with Gasteiger partial charge in [-0.05, 0) is 85.8 Å². The fraction of sp³-hybridized carbons (Fsp3) is 0.594. The van der Waals surface area contributed by atoms with Crippen molar-refractivity contribution in [3.63, 3.8) is 0 Å². The molecule has 4 unspecified atom stereocenters. The van der Waals surface area contributed by atoms with Crippen molar-refractivity contribution in [2.45, 2.75) is 217 Å². The van der Waals surface area contributed by atoms with E-state index in [1.807, 2.05) is 72.8 Å². The third-order valence-corrected chi connectivity index (χ3v) is 18.2. The Bertz CT molecular complexity index is 2830. The van der Waals surface area contributed by atoms with Crippen LogP contribution in [0.25, 0.3) is 12.2 Å². The molecule has 0 radical (unpaired) electrons. The third-order valence-electron chi connectivity index (χ3n) is 16.1. The van der Waals surface area contributed by atoms with Crippen LogP contribution in [0.1, 0.15) is 228 Å². The SMILES string of the molecule is CCCCC(CC)CN(CC(CC)CCCC)c1nc(C(C)(C)C)c(/C=C2\C(=O)N(c3ccccc3)N=C2C#N)s1.CCCCC(CC)CN(CC(CC)CCCC)c1nc(C(C)(C)C)c(/C=C2\C(=O)N(c3ccccc3)N=C2C(C)=O)s1. The van der Waals surface area contributed by atoms with Gasteiger partial charge in [0.2, 0.25) is 0 Å². The van der Waals surface area contributed by atoms with Gasteiger partial charge in [0.1, 0.15) is 11.8 Å². The van der Waals surface area contributed by atoms with Crippen LogP contribution in [0.3, 0.4) is 0 Å². The maximum atomic E-state index is 13.7. The highest BCUT2D eigenvalue weighted by Gasteiger charge is 2.37. The molecule has 0 spiro atoms. The van der Waals surface area contributed by atoms with E-state index < -0.39 is 0 Å². The van der Waals surface area contributed by atoms with Gasteiger partial charge in [0, 0.05) is 43.9 Å². The van der Waals surface area contributed by atoms with E-state index >= 15 is 0 Å². The van der Waals surface area contributed by atoms with E-state index in [0.717, 1.165) is 83.3 Å². The van der Waals surface area contributed by atoms with Crippen molar-refractivity contribution >= 4 is 85.5 Å². The molecule has 0 bridgehead atoms.